The van der Waals surface area contributed by atoms with E-state index < -0.39 is 46.7 Å². The van der Waals surface area contributed by atoms with E-state index in [1.54, 1.807) is 0 Å². The summed E-state index contributed by atoms with van der Waals surface area (Å²) in [5.74, 6) is -6.54. The molecule has 4 rings (SSSR count). The van der Waals surface area contributed by atoms with Gasteiger partial charge in [0, 0.05) is 25.4 Å². The van der Waals surface area contributed by atoms with Crippen LogP contribution in [0.4, 0.5) is 35.1 Å². The van der Waals surface area contributed by atoms with Gasteiger partial charge in [-0.15, -0.1) is 11.3 Å². The minimum Gasteiger partial charge on any atom is -0.355 e. The number of aromatic nitrogens is 2. The highest BCUT2D eigenvalue weighted by Gasteiger charge is 2.62. The van der Waals surface area contributed by atoms with Crippen LogP contribution >= 0.6 is 11.3 Å². The van der Waals surface area contributed by atoms with Gasteiger partial charge in [-0.25, -0.2) is 0 Å². The molecule has 1 saturated carbocycles. The standard InChI is InChI=1S/C20H12F8N4O2S/c1-32-7-10(18(21,22)20(26,27)28)15(19(23,24)25)16(32)11-5-12(34-31-11)13-4-9(14(6-29)35-13)17(33)30-8-2-3-8/h4-5,7-8H,2-3H2,1H3,(H,30,33). The van der Waals surface area contributed by atoms with Crippen molar-refractivity contribution in [1.82, 2.24) is 15.0 Å². The number of thiophene rings is 1. The first kappa shape index (κ1) is 24.7. The monoisotopic (exact) mass is 524 g/mol. The second-order valence-corrected chi connectivity index (χ2v) is 8.79. The van der Waals surface area contributed by atoms with Crippen molar-refractivity contribution in [2.45, 2.75) is 37.2 Å². The third kappa shape index (κ3) is 4.38. The van der Waals surface area contributed by atoms with Gasteiger partial charge in [0.2, 0.25) is 0 Å². The Bertz CT molecular complexity index is 1340. The molecule has 1 aliphatic rings. The molecule has 0 aromatic carbocycles. The number of hydrogen-bond acceptors (Lipinski definition) is 5. The number of nitrogens with zero attached hydrogens (tertiary/aromatic N) is 3. The Morgan fingerprint density at radius 3 is 2.40 bits per heavy atom. The number of amides is 1. The van der Waals surface area contributed by atoms with Gasteiger partial charge < -0.3 is 14.4 Å². The van der Waals surface area contributed by atoms with E-state index >= 15 is 0 Å². The van der Waals surface area contributed by atoms with E-state index in [1.807, 2.05) is 6.07 Å². The summed E-state index contributed by atoms with van der Waals surface area (Å²) in [6.07, 6.45) is -10.3. The first-order valence-corrected chi connectivity index (χ1v) is 10.5. The summed E-state index contributed by atoms with van der Waals surface area (Å²) in [6.45, 7) is 0. The van der Waals surface area contributed by atoms with E-state index in [1.165, 1.54) is 6.07 Å². The molecule has 15 heteroatoms. The van der Waals surface area contributed by atoms with Gasteiger partial charge in [0.15, 0.2) is 5.76 Å². The van der Waals surface area contributed by atoms with E-state index in [9.17, 15) is 45.2 Å². The van der Waals surface area contributed by atoms with Gasteiger partial charge in [-0.1, -0.05) is 5.16 Å². The number of aryl methyl sites for hydroxylation is 1. The number of carbonyl (C=O) groups is 1. The van der Waals surface area contributed by atoms with Crippen LogP contribution in [-0.2, 0) is 19.1 Å². The third-order valence-electron chi connectivity index (χ3n) is 5.15. The van der Waals surface area contributed by atoms with Crippen LogP contribution in [-0.4, -0.2) is 27.8 Å². The molecule has 3 aromatic rings. The Labute approximate surface area is 194 Å². The second kappa shape index (κ2) is 8.08. The highest BCUT2D eigenvalue weighted by Crippen LogP contribution is 2.51. The third-order valence-corrected chi connectivity index (χ3v) is 6.20. The summed E-state index contributed by atoms with van der Waals surface area (Å²) in [4.78, 5) is 12.4. The number of hydrogen-bond donors (Lipinski definition) is 1. The van der Waals surface area contributed by atoms with Crippen molar-refractivity contribution in [3.63, 3.8) is 0 Å². The van der Waals surface area contributed by atoms with Crippen LogP contribution in [0.25, 0.3) is 22.0 Å². The molecule has 0 atom stereocenters. The van der Waals surface area contributed by atoms with Crippen molar-refractivity contribution in [1.29, 1.82) is 5.26 Å². The molecule has 1 N–H and O–H groups in total. The molecule has 186 valence electrons. The van der Waals surface area contributed by atoms with Gasteiger partial charge in [0.1, 0.15) is 16.6 Å². The average molecular weight is 524 g/mol. The minimum absolute atomic E-state index is 0.000646. The Morgan fingerprint density at radius 2 is 1.86 bits per heavy atom. The van der Waals surface area contributed by atoms with Gasteiger partial charge >= 0.3 is 18.3 Å². The lowest BCUT2D eigenvalue weighted by atomic mass is 10.0. The molecule has 3 heterocycles. The van der Waals surface area contributed by atoms with Gasteiger partial charge in [-0.2, -0.15) is 40.4 Å². The van der Waals surface area contributed by atoms with Crippen molar-refractivity contribution in [3.8, 4) is 28.1 Å². The molecule has 3 aromatic heterocycles. The zero-order valence-corrected chi connectivity index (χ0v) is 18.1. The molecular weight excluding hydrogens is 512 g/mol. The Balaban J connectivity index is 1.79. The van der Waals surface area contributed by atoms with Crippen LogP contribution in [0.15, 0.2) is 22.9 Å². The predicted octanol–water partition coefficient (Wildman–Crippen LogP) is 5.85. The Hall–Kier alpha value is -3.41. The zero-order chi connectivity index (χ0) is 25.9. The average Bonchev–Trinajstić information content (AvgIpc) is 3.15. The number of nitrogens with one attached hydrogen (secondary N) is 1. The van der Waals surface area contributed by atoms with Crippen LogP contribution in [0.3, 0.4) is 0 Å². The van der Waals surface area contributed by atoms with Gasteiger partial charge in [-0.3, -0.25) is 4.79 Å². The maximum absolute atomic E-state index is 13.9. The highest BCUT2D eigenvalue weighted by atomic mass is 32.1. The topological polar surface area (TPSA) is 83.9 Å². The smallest absolute Gasteiger partial charge is 0.355 e. The molecule has 0 bridgehead atoms. The summed E-state index contributed by atoms with van der Waals surface area (Å²) >= 11 is 0.770. The van der Waals surface area contributed by atoms with Gasteiger partial charge in [0.05, 0.1) is 27.3 Å². The first-order chi connectivity index (χ1) is 16.1. The highest BCUT2D eigenvalue weighted by molar-refractivity contribution is 7.16. The quantitative estimate of drug-likeness (QED) is 0.425. The second-order valence-electron chi connectivity index (χ2n) is 7.74. The summed E-state index contributed by atoms with van der Waals surface area (Å²) < 4.78 is 113. The minimum atomic E-state index is -6.28. The van der Waals surface area contributed by atoms with Gasteiger partial charge in [0.25, 0.3) is 5.91 Å². The first-order valence-electron chi connectivity index (χ1n) is 9.69. The maximum Gasteiger partial charge on any atom is 0.458 e. The molecule has 0 radical (unpaired) electrons. The van der Waals surface area contributed by atoms with Crippen molar-refractivity contribution < 1.29 is 44.4 Å². The molecule has 1 aliphatic carbocycles. The number of carbonyl (C=O) groups excluding carboxylic acids is 1. The fraction of sp³-hybridized carbons (Fsp3) is 0.350. The number of alkyl halides is 8. The van der Waals surface area contributed by atoms with Crippen LogP contribution < -0.4 is 5.32 Å². The predicted molar refractivity (Wildman–Crippen MR) is 104 cm³/mol. The molecule has 0 unspecified atom stereocenters. The largest absolute Gasteiger partial charge is 0.458 e. The van der Waals surface area contributed by atoms with E-state index in [2.05, 4.69) is 10.5 Å². The molecule has 1 fully saturated rings. The number of rotatable bonds is 5. The van der Waals surface area contributed by atoms with E-state index in [0.29, 0.717) is 4.57 Å². The molecule has 0 saturated heterocycles. The SMILES string of the molecule is Cn1cc(C(F)(F)C(F)(F)F)c(C(F)(F)F)c1-c1cc(-c2cc(C(=O)NC3CC3)c(C#N)s2)on1. The lowest BCUT2D eigenvalue weighted by molar-refractivity contribution is -0.290. The molecule has 1 amide bonds. The van der Waals surface area contributed by atoms with Crippen molar-refractivity contribution in [2.24, 2.45) is 7.05 Å². The Kier molecular flexibility index (Phi) is 5.70. The number of halogens is 8. The van der Waals surface area contributed by atoms with Crippen LogP contribution in [0.1, 0.15) is 39.2 Å². The summed E-state index contributed by atoms with van der Waals surface area (Å²) in [6, 6.07) is 3.96. The summed E-state index contributed by atoms with van der Waals surface area (Å²) in [5.41, 5.74) is -6.23. The van der Waals surface area contributed by atoms with E-state index in [0.717, 1.165) is 37.3 Å². The molecule has 0 aliphatic heterocycles. The van der Waals surface area contributed by atoms with Crippen molar-refractivity contribution in [3.05, 3.63) is 39.9 Å². The lowest BCUT2D eigenvalue weighted by Gasteiger charge is -2.21. The van der Waals surface area contributed by atoms with Crippen LogP contribution in [0, 0.1) is 11.3 Å². The molecule has 6 nitrogen and oxygen atoms in total. The van der Waals surface area contributed by atoms with Crippen LogP contribution in [0.2, 0.25) is 0 Å². The summed E-state index contributed by atoms with van der Waals surface area (Å²) in [7, 11) is 0.855. The number of nitriles is 1. The van der Waals surface area contributed by atoms with Crippen molar-refractivity contribution in [2.75, 3.05) is 0 Å². The van der Waals surface area contributed by atoms with E-state index in [4.69, 9.17) is 4.52 Å². The Morgan fingerprint density at radius 1 is 1.20 bits per heavy atom. The molecule has 35 heavy (non-hydrogen) atoms. The molecule has 0 spiro atoms. The van der Waals surface area contributed by atoms with Gasteiger partial charge in [-0.05, 0) is 18.9 Å². The fourth-order valence-electron chi connectivity index (χ4n) is 3.37. The van der Waals surface area contributed by atoms with Crippen molar-refractivity contribution >= 4 is 17.2 Å². The normalized spacial score (nSPS) is 14.7. The van der Waals surface area contributed by atoms with E-state index in [-0.39, 0.29) is 33.3 Å². The fourth-order valence-corrected chi connectivity index (χ4v) is 4.27. The summed E-state index contributed by atoms with van der Waals surface area (Å²) in [5, 5.41) is 15.4. The molecular formula is C20H12F8N4O2S. The zero-order valence-electron chi connectivity index (χ0n) is 17.3. The maximum atomic E-state index is 13.9. The lowest BCUT2D eigenvalue weighted by Crippen LogP contribution is -2.35. The van der Waals surface area contributed by atoms with Crippen LogP contribution in [0.5, 0.6) is 0 Å².